The van der Waals surface area contributed by atoms with Gasteiger partial charge in [-0.3, -0.25) is 0 Å². The second-order valence-corrected chi connectivity index (χ2v) is 4.74. The van der Waals surface area contributed by atoms with Crippen LogP contribution in [0.5, 0.6) is 0 Å². The average molecular weight is 169 g/mol. The van der Waals surface area contributed by atoms with Crippen molar-refractivity contribution < 1.29 is 0 Å². The van der Waals surface area contributed by atoms with E-state index in [1.807, 2.05) is 0 Å². The van der Waals surface area contributed by atoms with Crippen molar-refractivity contribution in [2.75, 3.05) is 7.05 Å². The molecule has 0 spiro atoms. The molecule has 1 fully saturated rings. The van der Waals surface area contributed by atoms with Crippen LogP contribution in [0.4, 0.5) is 0 Å². The van der Waals surface area contributed by atoms with Gasteiger partial charge in [-0.2, -0.15) is 0 Å². The third-order valence-corrected chi connectivity index (χ3v) is 3.29. The fourth-order valence-corrected chi connectivity index (χ4v) is 2.69. The fraction of sp³-hybridized carbons (Fsp3) is 1.00. The van der Waals surface area contributed by atoms with Crippen LogP contribution in [0.15, 0.2) is 0 Å². The molecular weight excluding hydrogens is 146 g/mol. The first kappa shape index (κ1) is 10.0. The second kappa shape index (κ2) is 4.27. The summed E-state index contributed by atoms with van der Waals surface area (Å²) in [4.78, 5) is 0. The van der Waals surface area contributed by atoms with E-state index < -0.39 is 0 Å². The van der Waals surface area contributed by atoms with Gasteiger partial charge < -0.3 is 5.32 Å². The minimum atomic E-state index is 0.745. The highest BCUT2D eigenvalue weighted by Crippen LogP contribution is 2.34. The van der Waals surface area contributed by atoms with Crippen molar-refractivity contribution in [1.29, 1.82) is 0 Å². The summed E-state index contributed by atoms with van der Waals surface area (Å²) in [7, 11) is 2.10. The van der Waals surface area contributed by atoms with Gasteiger partial charge in [0, 0.05) is 6.04 Å². The summed E-state index contributed by atoms with van der Waals surface area (Å²) in [5.41, 5.74) is 0. The molecule has 0 aromatic rings. The van der Waals surface area contributed by atoms with Crippen LogP contribution in [-0.2, 0) is 0 Å². The van der Waals surface area contributed by atoms with Crippen molar-refractivity contribution in [3.63, 3.8) is 0 Å². The lowest BCUT2D eigenvalue weighted by atomic mass is 9.89. The van der Waals surface area contributed by atoms with Gasteiger partial charge in [-0.25, -0.2) is 0 Å². The van der Waals surface area contributed by atoms with Gasteiger partial charge in [-0.05, 0) is 37.6 Å². The second-order valence-electron chi connectivity index (χ2n) is 4.74. The standard InChI is InChI=1S/C11H23N/c1-8(2)11(12-4)10-6-5-9(3)7-10/h8-12H,5-7H2,1-4H3. The Morgan fingerprint density at radius 2 is 1.92 bits per heavy atom. The molecule has 0 bridgehead atoms. The molecule has 1 aliphatic carbocycles. The maximum Gasteiger partial charge on any atom is 0.0115 e. The van der Waals surface area contributed by atoms with E-state index in [4.69, 9.17) is 0 Å². The molecule has 1 rings (SSSR count). The van der Waals surface area contributed by atoms with Crippen LogP contribution in [0.25, 0.3) is 0 Å². The maximum absolute atomic E-state index is 3.46. The largest absolute Gasteiger partial charge is 0.316 e. The molecule has 0 amide bonds. The zero-order valence-corrected chi connectivity index (χ0v) is 8.93. The first-order valence-corrected chi connectivity index (χ1v) is 5.32. The Morgan fingerprint density at radius 1 is 1.25 bits per heavy atom. The topological polar surface area (TPSA) is 12.0 Å². The zero-order valence-electron chi connectivity index (χ0n) is 8.93. The molecule has 0 saturated heterocycles. The van der Waals surface area contributed by atoms with Crippen LogP contribution in [0, 0.1) is 17.8 Å². The molecule has 1 nitrogen and oxygen atoms in total. The van der Waals surface area contributed by atoms with Crippen LogP contribution >= 0.6 is 0 Å². The smallest absolute Gasteiger partial charge is 0.0115 e. The van der Waals surface area contributed by atoms with Crippen LogP contribution in [-0.4, -0.2) is 13.1 Å². The average Bonchev–Trinajstić information content (AvgIpc) is 2.37. The quantitative estimate of drug-likeness (QED) is 0.685. The molecule has 1 heteroatoms. The normalized spacial score (nSPS) is 32.8. The van der Waals surface area contributed by atoms with Crippen molar-refractivity contribution in [2.45, 2.75) is 46.1 Å². The van der Waals surface area contributed by atoms with Gasteiger partial charge in [0.05, 0.1) is 0 Å². The van der Waals surface area contributed by atoms with Gasteiger partial charge in [0.1, 0.15) is 0 Å². The molecule has 0 radical (unpaired) electrons. The molecular formula is C11H23N. The molecule has 1 aliphatic rings. The SMILES string of the molecule is CNC(C(C)C)C1CCC(C)C1. The van der Waals surface area contributed by atoms with E-state index in [1.165, 1.54) is 19.3 Å². The Kier molecular flexibility index (Phi) is 3.57. The van der Waals surface area contributed by atoms with Gasteiger partial charge in [0.15, 0.2) is 0 Å². The lowest BCUT2D eigenvalue weighted by Gasteiger charge is -2.26. The monoisotopic (exact) mass is 169 g/mol. The molecule has 3 unspecified atom stereocenters. The number of nitrogens with one attached hydrogen (secondary N) is 1. The lowest BCUT2D eigenvalue weighted by molar-refractivity contribution is 0.296. The molecule has 72 valence electrons. The van der Waals surface area contributed by atoms with E-state index in [0.29, 0.717) is 0 Å². The minimum Gasteiger partial charge on any atom is -0.316 e. The Labute approximate surface area is 76.9 Å². The van der Waals surface area contributed by atoms with Crippen LogP contribution in [0.3, 0.4) is 0 Å². The highest BCUT2D eigenvalue weighted by molar-refractivity contribution is 4.84. The molecule has 1 N–H and O–H groups in total. The number of hydrogen-bond acceptors (Lipinski definition) is 1. The first-order chi connectivity index (χ1) is 5.65. The van der Waals surface area contributed by atoms with Crippen LogP contribution in [0.2, 0.25) is 0 Å². The van der Waals surface area contributed by atoms with Gasteiger partial charge in [0.2, 0.25) is 0 Å². The van der Waals surface area contributed by atoms with Crippen molar-refractivity contribution in [3.8, 4) is 0 Å². The van der Waals surface area contributed by atoms with Crippen LogP contribution < -0.4 is 5.32 Å². The van der Waals surface area contributed by atoms with Gasteiger partial charge in [-0.1, -0.05) is 27.2 Å². The minimum absolute atomic E-state index is 0.745. The van der Waals surface area contributed by atoms with E-state index >= 15 is 0 Å². The van der Waals surface area contributed by atoms with E-state index in [2.05, 4.69) is 33.1 Å². The summed E-state index contributed by atoms with van der Waals surface area (Å²) in [6, 6.07) is 0.745. The van der Waals surface area contributed by atoms with E-state index in [-0.39, 0.29) is 0 Å². The molecule has 3 atom stereocenters. The zero-order chi connectivity index (χ0) is 9.14. The summed E-state index contributed by atoms with van der Waals surface area (Å²) in [6.07, 6.45) is 4.31. The molecule has 0 aromatic carbocycles. The maximum atomic E-state index is 3.46. The molecule has 0 aromatic heterocycles. The van der Waals surface area contributed by atoms with Gasteiger partial charge in [-0.15, -0.1) is 0 Å². The predicted molar refractivity (Wildman–Crippen MR) is 54.2 cm³/mol. The Balaban J connectivity index is 2.44. The summed E-state index contributed by atoms with van der Waals surface area (Å²) >= 11 is 0. The van der Waals surface area contributed by atoms with E-state index in [0.717, 1.165) is 23.8 Å². The van der Waals surface area contributed by atoms with Gasteiger partial charge in [0.25, 0.3) is 0 Å². The van der Waals surface area contributed by atoms with Crippen molar-refractivity contribution >= 4 is 0 Å². The van der Waals surface area contributed by atoms with Crippen molar-refractivity contribution in [2.24, 2.45) is 17.8 Å². The van der Waals surface area contributed by atoms with Gasteiger partial charge >= 0.3 is 0 Å². The highest BCUT2D eigenvalue weighted by atomic mass is 14.9. The molecule has 0 aliphatic heterocycles. The number of rotatable bonds is 3. The highest BCUT2D eigenvalue weighted by Gasteiger charge is 2.29. The van der Waals surface area contributed by atoms with Crippen molar-refractivity contribution in [3.05, 3.63) is 0 Å². The summed E-state index contributed by atoms with van der Waals surface area (Å²) in [5, 5.41) is 3.46. The molecule has 12 heavy (non-hydrogen) atoms. The Hall–Kier alpha value is -0.0400. The summed E-state index contributed by atoms with van der Waals surface area (Å²) in [5.74, 6) is 2.68. The predicted octanol–water partition coefficient (Wildman–Crippen LogP) is 2.67. The third kappa shape index (κ3) is 2.22. The Bertz CT molecular complexity index is 131. The third-order valence-electron chi connectivity index (χ3n) is 3.29. The Morgan fingerprint density at radius 3 is 2.25 bits per heavy atom. The van der Waals surface area contributed by atoms with E-state index in [9.17, 15) is 0 Å². The van der Waals surface area contributed by atoms with Crippen LogP contribution in [0.1, 0.15) is 40.0 Å². The number of hydrogen-bond donors (Lipinski definition) is 1. The van der Waals surface area contributed by atoms with E-state index in [1.54, 1.807) is 0 Å². The summed E-state index contributed by atoms with van der Waals surface area (Å²) < 4.78 is 0. The summed E-state index contributed by atoms with van der Waals surface area (Å²) in [6.45, 7) is 7.03. The lowest BCUT2D eigenvalue weighted by Crippen LogP contribution is -2.37. The molecule has 1 saturated carbocycles. The fourth-order valence-electron chi connectivity index (χ4n) is 2.69. The molecule has 0 heterocycles. The first-order valence-electron chi connectivity index (χ1n) is 5.32. The van der Waals surface area contributed by atoms with Crippen molar-refractivity contribution in [1.82, 2.24) is 5.32 Å².